The summed E-state index contributed by atoms with van der Waals surface area (Å²) in [5.41, 5.74) is 3.45. The molecule has 0 saturated heterocycles. The normalized spacial score (nSPS) is 11.1. The maximum atomic E-state index is 12.6. The van der Waals surface area contributed by atoms with Crippen molar-refractivity contribution in [1.82, 2.24) is 4.98 Å². The average molecular weight is 313 g/mol. The van der Waals surface area contributed by atoms with Gasteiger partial charge in [0.1, 0.15) is 0 Å². The first-order valence-corrected chi connectivity index (χ1v) is 7.61. The standard InChI is InChI=1S/C18H17ClN2O/c1-11(2)13-5-3-4-6-17(13)21-18(22)15-10-20-16-8-7-12(19)9-14(15)16/h3-11,20H,1-2H3,(H,21,22). The third-order valence-electron chi connectivity index (χ3n) is 3.72. The fourth-order valence-corrected chi connectivity index (χ4v) is 2.76. The van der Waals surface area contributed by atoms with Gasteiger partial charge in [-0.1, -0.05) is 43.6 Å². The first kappa shape index (κ1) is 14.7. The molecule has 3 nitrogen and oxygen atoms in total. The molecule has 0 aliphatic carbocycles. The Labute approximate surface area is 134 Å². The third kappa shape index (κ3) is 2.72. The molecule has 3 aromatic rings. The van der Waals surface area contributed by atoms with Crippen molar-refractivity contribution in [3.8, 4) is 0 Å². The molecular formula is C18H17ClN2O. The zero-order valence-corrected chi connectivity index (χ0v) is 13.2. The number of rotatable bonds is 3. The Morgan fingerprint density at radius 1 is 1.18 bits per heavy atom. The van der Waals surface area contributed by atoms with Gasteiger partial charge in [-0.05, 0) is 35.7 Å². The largest absolute Gasteiger partial charge is 0.360 e. The highest BCUT2D eigenvalue weighted by molar-refractivity contribution is 6.31. The van der Waals surface area contributed by atoms with Gasteiger partial charge in [0, 0.05) is 27.8 Å². The van der Waals surface area contributed by atoms with E-state index >= 15 is 0 Å². The predicted molar refractivity (Wildman–Crippen MR) is 91.8 cm³/mol. The first-order valence-electron chi connectivity index (χ1n) is 7.23. The molecule has 22 heavy (non-hydrogen) atoms. The lowest BCUT2D eigenvalue weighted by Crippen LogP contribution is -2.13. The molecule has 1 aromatic heterocycles. The Hall–Kier alpha value is -2.26. The van der Waals surface area contributed by atoms with Crippen molar-refractivity contribution < 1.29 is 4.79 Å². The lowest BCUT2D eigenvalue weighted by molar-refractivity contribution is 0.102. The van der Waals surface area contributed by atoms with Gasteiger partial charge in [0.25, 0.3) is 5.91 Å². The van der Waals surface area contributed by atoms with E-state index in [1.54, 1.807) is 18.3 Å². The van der Waals surface area contributed by atoms with Gasteiger partial charge in [-0.25, -0.2) is 0 Å². The second-order valence-corrected chi connectivity index (χ2v) is 6.02. The summed E-state index contributed by atoms with van der Waals surface area (Å²) >= 11 is 6.03. The van der Waals surface area contributed by atoms with E-state index in [9.17, 15) is 4.79 Å². The number of para-hydroxylation sites is 1. The molecule has 2 aromatic carbocycles. The van der Waals surface area contributed by atoms with Crippen LogP contribution in [0.4, 0.5) is 5.69 Å². The van der Waals surface area contributed by atoms with Gasteiger partial charge in [-0.15, -0.1) is 0 Å². The summed E-state index contributed by atoms with van der Waals surface area (Å²) in [5.74, 6) is 0.204. The third-order valence-corrected chi connectivity index (χ3v) is 3.95. The summed E-state index contributed by atoms with van der Waals surface area (Å²) in [7, 11) is 0. The molecule has 0 bridgehead atoms. The highest BCUT2D eigenvalue weighted by Crippen LogP contribution is 2.26. The molecule has 4 heteroatoms. The molecule has 0 aliphatic heterocycles. The van der Waals surface area contributed by atoms with Crippen LogP contribution in [0.3, 0.4) is 0 Å². The fraction of sp³-hybridized carbons (Fsp3) is 0.167. The second kappa shape index (κ2) is 5.85. The van der Waals surface area contributed by atoms with Crippen LogP contribution in [0, 0.1) is 0 Å². The van der Waals surface area contributed by atoms with Crippen LogP contribution in [0.1, 0.15) is 35.7 Å². The van der Waals surface area contributed by atoms with Crippen LogP contribution in [0.2, 0.25) is 5.02 Å². The number of H-pyrrole nitrogens is 1. The molecule has 0 aliphatic rings. The molecule has 0 radical (unpaired) electrons. The molecule has 1 amide bonds. The van der Waals surface area contributed by atoms with Crippen molar-refractivity contribution in [2.75, 3.05) is 5.32 Å². The van der Waals surface area contributed by atoms with Crippen molar-refractivity contribution >= 4 is 34.1 Å². The molecule has 0 spiro atoms. The number of benzene rings is 2. The highest BCUT2D eigenvalue weighted by Gasteiger charge is 2.14. The summed E-state index contributed by atoms with van der Waals surface area (Å²) < 4.78 is 0. The van der Waals surface area contributed by atoms with Gasteiger partial charge < -0.3 is 10.3 Å². The molecule has 0 fully saturated rings. The number of nitrogens with one attached hydrogen (secondary N) is 2. The first-order chi connectivity index (χ1) is 10.6. The minimum atomic E-state index is -0.137. The number of carbonyl (C=O) groups excluding carboxylic acids is 1. The number of halogens is 1. The Morgan fingerprint density at radius 3 is 2.73 bits per heavy atom. The monoisotopic (exact) mass is 312 g/mol. The van der Waals surface area contributed by atoms with Crippen LogP contribution in [-0.2, 0) is 0 Å². The molecule has 1 heterocycles. The Bertz CT molecular complexity index is 836. The zero-order valence-electron chi connectivity index (χ0n) is 12.5. The number of carbonyl (C=O) groups is 1. The van der Waals surface area contributed by atoms with Crippen LogP contribution in [0.25, 0.3) is 10.9 Å². The quantitative estimate of drug-likeness (QED) is 0.686. The highest BCUT2D eigenvalue weighted by atomic mass is 35.5. The van der Waals surface area contributed by atoms with Gasteiger partial charge in [-0.3, -0.25) is 4.79 Å². The number of anilines is 1. The SMILES string of the molecule is CC(C)c1ccccc1NC(=O)c1c[nH]c2ccc(Cl)cc12. The van der Waals surface area contributed by atoms with Gasteiger partial charge in [0.15, 0.2) is 0 Å². The van der Waals surface area contributed by atoms with E-state index < -0.39 is 0 Å². The maximum absolute atomic E-state index is 12.6. The van der Waals surface area contributed by atoms with E-state index in [-0.39, 0.29) is 5.91 Å². The molecule has 2 N–H and O–H groups in total. The zero-order chi connectivity index (χ0) is 15.7. The molecule has 0 unspecified atom stereocenters. The van der Waals surface area contributed by atoms with E-state index in [2.05, 4.69) is 24.1 Å². The van der Waals surface area contributed by atoms with Gasteiger partial charge >= 0.3 is 0 Å². The van der Waals surface area contributed by atoms with Crippen molar-refractivity contribution in [3.63, 3.8) is 0 Å². The van der Waals surface area contributed by atoms with Gasteiger partial charge in [0.05, 0.1) is 5.56 Å². The number of aromatic amines is 1. The summed E-state index contributed by atoms with van der Waals surface area (Å²) in [5, 5.41) is 4.44. The fourth-order valence-electron chi connectivity index (χ4n) is 2.58. The molecule has 3 rings (SSSR count). The average Bonchev–Trinajstić information content (AvgIpc) is 2.90. The topological polar surface area (TPSA) is 44.9 Å². The summed E-state index contributed by atoms with van der Waals surface area (Å²) in [6.45, 7) is 4.22. The van der Waals surface area contributed by atoms with Crippen LogP contribution >= 0.6 is 11.6 Å². The van der Waals surface area contributed by atoms with Gasteiger partial charge in [-0.2, -0.15) is 0 Å². The Morgan fingerprint density at radius 2 is 1.95 bits per heavy atom. The lowest BCUT2D eigenvalue weighted by atomic mass is 10.0. The maximum Gasteiger partial charge on any atom is 0.257 e. The van der Waals surface area contributed by atoms with Crippen molar-refractivity contribution in [2.45, 2.75) is 19.8 Å². The Kier molecular flexibility index (Phi) is 3.90. The lowest BCUT2D eigenvalue weighted by Gasteiger charge is -2.13. The van der Waals surface area contributed by atoms with Crippen LogP contribution in [0.5, 0.6) is 0 Å². The number of amides is 1. The van der Waals surface area contributed by atoms with Crippen molar-refractivity contribution in [3.05, 3.63) is 64.8 Å². The number of hydrogen-bond donors (Lipinski definition) is 2. The Balaban J connectivity index is 1.96. The van der Waals surface area contributed by atoms with Crippen molar-refractivity contribution in [2.24, 2.45) is 0 Å². The summed E-state index contributed by atoms with van der Waals surface area (Å²) in [4.78, 5) is 15.7. The van der Waals surface area contributed by atoms with E-state index in [1.165, 1.54) is 0 Å². The summed E-state index contributed by atoms with van der Waals surface area (Å²) in [6.07, 6.45) is 1.72. The van der Waals surface area contributed by atoms with Crippen LogP contribution in [-0.4, -0.2) is 10.9 Å². The van der Waals surface area contributed by atoms with E-state index in [0.29, 0.717) is 16.5 Å². The van der Waals surface area contributed by atoms with E-state index in [0.717, 1.165) is 22.2 Å². The predicted octanol–water partition coefficient (Wildman–Crippen LogP) is 5.20. The molecule has 0 saturated carbocycles. The van der Waals surface area contributed by atoms with Gasteiger partial charge in [0.2, 0.25) is 0 Å². The summed E-state index contributed by atoms with van der Waals surface area (Å²) in [6, 6.07) is 13.3. The smallest absolute Gasteiger partial charge is 0.257 e. The number of hydrogen-bond acceptors (Lipinski definition) is 1. The van der Waals surface area contributed by atoms with Crippen LogP contribution < -0.4 is 5.32 Å². The van der Waals surface area contributed by atoms with Crippen molar-refractivity contribution in [1.29, 1.82) is 0 Å². The van der Waals surface area contributed by atoms with E-state index in [4.69, 9.17) is 11.6 Å². The number of aromatic nitrogens is 1. The van der Waals surface area contributed by atoms with E-state index in [1.807, 2.05) is 30.3 Å². The second-order valence-electron chi connectivity index (χ2n) is 5.59. The molecular weight excluding hydrogens is 296 g/mol. The van der Waals surface area contributed by atoms with Crippen LogP contribution in [0.15, 0.2) is 48.7 Å². The minimum absolute atomic E-state index is 0.137. The minimum Gasteiger partial charge on any atom is -0.360 e. The molecule has 112 valence electrons. The molecule has 0 atom stereocenters. The number of fused-ring (bicyclic) bond motifs is 1.